The van der Waals surface area contributed by atoms with Gasteiger partial charge in [0.15, 0.2) is 0 Å². The molecule has 2 aliphatic heterocycles. The second-order valence-electron chi connectivity index (χ2n) is 7.32. The van der Waals surface area contributed by atoms with Gasteiger partial charge in [-0.3, -0.25) is 9.59 Å². The van der Waals surface area contributed by atoms with E-state index in [0.29, 0.717) is 18.3 Å². The fourth-order valence-electron chi connectivity index (χ4n) is 4.42. The Morgan fingerprint density at radius 1 is 1.22 bits per heavy atom. The second kappa shape index (κ2) is 8.34. The summed E-state index contributed by atoms with van der Waals surface area (Å²) in [5, 5.41) is 6.46. The number of piperazine rings is 1. The average molecular weight is 344 g/mol. The summed E-state index contributed by atoms with van der Waals surface area (Å²) in [4.78, 5) is 26.6. The second-order valence-corrected chi connectivity index (χ2v) is 7.32. The molecule has 1 aliphatic carbocycles. The van der Waals surface area contributed by atoms with Gasteiger partial charge >= 0.3 is 0 Å². The fourth-order valence-corrected chi connectivity index (χ4v) is 4.42. The van der Waals surface area contributed by atoms with Crippen LogP contribution in [-0.2, 0) is 9.59 Å². The predicted molar refractivity (Wildman–Crippen MR) is 92.5 cm³/mol. The lowest BCUT2D eigenvalue weighted by Crippen LogP contribution is -2.63. The first-order valence-electron chi connectivity index (χ1n) is 8.94. The summed E-state index contributed by atoms with van der Waals surface area (Å²) in [5.74, 6) is 1.27. The van der Waals surface area contributed by atoms with Crippen LogP contribution in [0, 0.1) is 11.8 Å². The van der Waals surface area contributed by atoms with Crippen molar-refractivity contribution >= 4 is 24.2 Å². The minimum Gasteiger partial charge on any atom is -0.350 e. The zero-order chi connectivity index (χ0) is 15.5. The molecule has 132 valence electrons. The third-order valence-corrected chi connectivity index (χ3v) is 5.80. The van der Waals surface area contributed by atoms with Gasteiger partial charge in [0.25, 0.3) is 0 Å². The van der Waals surface area contributed by atoms with Gasteiger partial charge in [-0.15, -0.1) is 12.4 Å². The highest BCUT2D eigenvalue weighted by molar-refractivity contribution is 5.86. The summed E-state index contributed by atoms with van der Waals surface area (Å²) in [6.45, 7) is 4.61. The Kier molecular flexibility index (Phi) is 6.72. The van der Waals surface area contributed by atoms with Crippen LogP contribution in [0.1, 0.15) is 51.9 Å². The summed E-state index contributed by atoms with van der Waals surface area (Å²) in [6.07, 6.45) is 7.32. The van der Waals surface area contributed by atoms with Crippen LogP contribution in [-0.4, -0.2) is 48.4 Å². The Bertz CT molecular complexity index is 426. The van der Waals surface area contributed by atoms with Gasteiger partial charge in [-0.1, -0.05) is 19.8 Å². The monoisotopic (exact) mass is 343 g/mol. The predicted octanol–water partition coefficient (Wildman–Crippen LogP) is 1.70. The van der Waals surface area contributed by atoms with Crippen molar-refractivity contribution in [2.24, 2.45) is 11.8 Å². The highest BCUT2D eigenvalue weighted by Gasteiger charge is 2.39. The van der Waals surface area contributed by atoms with Gasteiger partial charge in [0, 0.05) is 12.5 Å². The number of fused-ring (bicyclic) bond motifs is 1. The zero-order valence-corrected chi connectivity index (χ0v) is 14.9. The Balaban J connectivity index is 0.00000192. The molecule has 0 bridgehead atoms. The van der Waals surface area contributed by atoms with E-state index in [-0.39, 0.29) is 42.8 Å². The van der Waals surface area contributed by atoms with Crippen LogP contribution in [0.25, 0.3) is 0 Å². The summed E-state index contributed by atoms with van der Waals surface area (Å²) in [6, 6.07) is 0.423. The molecule has 0 spiro atoms. The molecule has 3 aliphatic rings. The van der Waals surface area contributed by atoms with Gasteiger partial charge in [0.2, 0.25) is 11.8 Å². The molecule has 5 nitrogen and oxygen atoms in total. The van der Waals surface area contributed by atoms with Crippen LogP contribution in [0.5, 0.6) is 0 Å². The first-order valence-corrected chi connectivity index (χ1v) is 8.94. The van der Waals surface area contributed by atoms with Crippen molar-refractivity contribution < 1.29 is 9.59 Å². The van der Waals surface area contributed by atoms with Gasteiger partial charge in [0.05, 0.1) is 12.6 Å². The summed E-state index contributed by atoms with van der Waals surface area (Å²) in [7, 11) is 0. The van der Waals surface area contributed by atoms with Crippen molar-refractivity contribution in [3.05, 3.63) is 0 Å². The molecule has 3 fully saturated rings. The molecule has 0 aromatic carbocycles. The van der Waals surface area contributed by atoms with Gasteiger partial charge in [-0.05, 0) is 50.6 Å². The third-order valence-electron chi connectivity index (χ3n) is 5.80. The van der Waals surface area contributed by atoms with Crippen molar-refractivity contribution in [1.82, 2.24) is 15.5 Å². The van der Waals surface area contributed by atoms with Crippen LogP contribution < -0.4 is 10.6 Å². The maximum atomic E-state index is 12.8. The van der Waals surface area contributed by atoms with E-state index in [0.717, 1.165) is 32.4 Å². The van der Waals surface area contributed by atoms with E-state index in [1.807, 2.05) is 4.90 Å². The number of carbonyl (C=O) groups is 2. The standard InChI is InChI=1S/C17H29N3O2.ClH/c1-12(13-6-8-18-9-7-13)10-17(22)20-11-16(21)19-14-4-2-3-5-15(14)20;/h12-15,18H,2-11H2,1H3,(H,19,21);1H. The van der Waals surface area contributed by atoms with Gasteiger partial charge in [-0.2, -0.15) is 0 Å². The normalized spacial score (nSPS) is 30.0. The highest BCUT2D eigenvalue weighted by atomic mass is 35.5. The lowest BCUT2D eigenvalue weighted by molar-refractivity contribution is -0.145. The third kappa shape index (κ3) is 4.38. The topological polar surface area (TPSA) is 61.4 Å². The van der Waals surface area contributed by atoms with Crippen LogP contribution in [0.15, 0.2) is 0 Å². The molecule has 1 saturated carbocycles. The number of amides is 2. The number of nitrogens with zero attached hydrogens (tertiary/aromatic N) is 1. The molecule has 2 N–H and O–H groups in total. The van der Waals surface area contributed by atoms with Crippen molar-refractivity contribution in [1.29, 1.82) is 0 Å². The Morgan fingerprint density at radius 2 is 1.91 bits per heavy atom. The molecule has 6 heteroatoms. The Hall–Kier alpha value is -0.810. The number of hydrogen-bond donors (Lipinski definition) is 2. The van der Waals surface area contributed by atoms with Gasteiger partial charge in [0.1, 0.15) is 0 Å². The van der Waals surface area contributed by atoms with Gasteiger partial charge < -0.3 is 15.5 Å². The molecule has 2 heterocycles. The lowest BCUT2D eigenvalue weighted by Gasteiger charge is -2.44. The summed E-state index contributed by atoms with van der Waals surface area (Å²) in [5.41, 5.74) is 0. The Labute approximate surface area is 145 Å². The van der Waals surface area contributed by atoms with E-state index in [1.54, 1.807) is 0 Å². The zero-order valence-electron chi connectivity index (χ0n) is 14.1. The summed E-state index contributed by atoms with van der Waals surface area (Å²) < 4.78 is 0. The molecular formula is C17H30ClN3O2. The minimum atomic E-state index is 0. The average Bonchev–Trinajstić information content (AvgIpc) is 2.54. The highest BCUT2D eigenvalue weighted by Crippen LogP contribution is 2.29. The number of rotatable bonds is 3. The van der Waals surface area contributed by atoms with E-state index >= 15 is 0 Å². The van der Waals surface area contributed by atoms with Crippen LogP contribution in [0.2, 0.25) is 0 Å². The van der Waals surface area contributed by atoms with Crippen LogP contribution in [0.4, 0.5) is 0 Å². The van der Waals surface area contributed by atoms with Gasteiger partial charge in [-0.25, -0.2) is 0 Å². The fraction of sp³-hybridized carbons (Fsp3) is 0.882. The number of nitrogens with one attached hydrogen (secondary N) is 2. The maximum Gasteiger partial charge on any atom is 0.239 e. The lowest BCUT2D eigenvalue weighted by atomic mass is 9.83. The number of halogens is 1. The summed E-state index contributed by atoms with van der Waals surface area (Å²) >= 11 is 0. The molecule has 0 aromatic heterocycles. The van der Waals surface area contributed by atoms with E-state index in [2.05, 4.69) is 17.6 Å². The molecule has 23 heavy (non-hydrogen) atoms. The molecule has 3 atom stereocenters. The Morgan fingerprint density at radius 3 is 2.65 bits per heavy atom. The molecule has 0 aromatic rings. The van der Waals surface area contributed by atoms with Crippen LogP contribution >= 0.6 is 12.4 Å². The smallest absolute Gasteiger partial charge is 0.239 e. The molecule has 2 amide bonds. The van der Waals surface area contributed by atoms with E-state index < -0.39 is 0 Å². The quantitative estimate of drug-likeness (QED) is 0.820. The van der Waals surface area contributed by atoms with Crippen LogP contribution in [0.3, 0.4) is 0 Å². The van der Waals surface area contributed by atoms with Crippen molar-refractivity contribution in [2.75, 3.05) is 19.6 Å². The number of carbonyl (C=O) groups excluding carboxylic acids is 2. The SMILES string of the molecule is CC(CC(=O)N1CC(=O)NC2CCCCC21)C1CCNCC1.Cl. The maximum absolute atomic E-state index is 12.8. The number of hydrogen-bond acceptors (Lipinski definition) is 3. The largest absolute Gasteiger partial charge is 0.350 e. The van der Waals surface area contributed by atoms with Crippen molar-refractivity contribution in [3.63, 3.8) is 0 Å². The molecule has 0 radical (unpaired) electrons. The first-order chi connectivity index (χ1) is 10.6. The van der Waals surface area contributed by atoms with E-state index in [4.69, 9.17) is 0 Å². The van der Waals surface area contributed by atoms with E-state index in [1.165, 1.54) is 19.3 Å². The minimum absolute atomic E-state index is 0. The molecule has 2 saturated heterocycles. The molecule has 3 rings (SSSR count). The molecule has 3 unspecified atom stereocenters. The van der Waals surface area contributed by atoms with Crippen molar-refractivity contribution in [2.45, 2.75) is 64.0 Å². The van der Waals surface area contributed by atoms with E-state index in [9.17, 15) is 9.59 Å². The first kappa shape index (κ1) is 18.5. The number of piperidine rings is 1. The van der Waals surface area contributed by atoms with Crippen molar-refractivity contribution in [3.8, 4) is 0 Å². The molecular weight excluding hydrogens is 314 g/mol.